The smallest absolute Gasteiger partial charge is 0.306 e. The third-order valence-corrected chi connectivity index (χ3v) is 4.18. The molecule has 0 aromatic heterocycles. The molecule has 122 valence electrons. The zero-order chi connectivity index (χ0) is 15.7. The minimum Gasteiger partial charge on any atom is -0.466 e. The summed E-state index contributed by atoms with van der Waals surface area (Å²) in [5.74, 6) is 1.11. The minimum atomic E-state index is -0.112. The molecule has 1 aliphatic heterocycles. The standard InChI is InChI=1S/C16H29NO4/c1-4-20-15(18)8-6-7-13-10-17-11-14(13)12(3)9-16(19)21-5-2/h12-14,17H,4-11H2,1-3H3. The van der Waals surface area contributed by atoms with E-state index >= 15 is 0 Å². The first-order valence-corrected chi connectivity index (χ1v) is 8.10. The van der Waals surface area contributed by atoms with E-state index in [-0.39, 0.29) is 11.9 Å². The van der Waals surface area contributed by atoms with E-state index in [4.69, 9.17) is 9.47 Å². The largest absolute Gasteiger partial charge is 0.466 e. The maximum absolute atomic E-state index is 11.6. The van der Waals surface area contributed by atoms with Gasteiger partial charge in [-0.3, -0.25) is 9.59 Å². The van der Waals surface area contributed by atoms with Crippen LogP contribution in [0.1, 0.15) is 46.5 Å². The minimum absolute atomic E-state index is 0.109. The number of carbonyl (C=O) groups is 2. The maximum atomic E-state index is 11.6. The van der Waals surface area contributed by atoms with Gasteiger partial charge >= 0.3 is 11.9 Å². The molecule has 1 N–H and O–H groups in total. The average Bonchev–Trinajstić information content (AvgIpc) is 2.87. The average molecular weight is 299 g/mol. The summed E-state index contributed by atoms with van der Waals surface area (Å²) < 4.78 is 9.97. The normalized spacial score (nSPS) is 22.8. The quantitative estimate of drug-likeness (QED) is 0.661. The first-order valence-electron chi connectivity index (χ1n) is 8.10. The summed E-state index contributed by atoms with van der Waals surface area (Å²) in [7, 11) is 0. The van der Waals surface area contributed by atoms with E-state index in [9.17, 15) is 9.59 Å². The van der Waals surface area contributed by atoms with Crippen LogP contribution in [0.3, 0.4) is 0 Å². The second kappa shape index (κ2) is 9.77. The number of esters is 2. The third-order valence-electron chi connectivity index (χ3n) is 4.18. The number of ether oxygens (including phenoxy) is 2. The lowest BCUT2D eigenvalue weighted by Gasteiger charge is -2.24. The summed E-state index contributed by atoms with van der Waals surface area (Å²) >= 11 is 0. The summed E-state index contributed by atoms with van der Waals surface area (Å²) in [4.78, 5) is 22.9. The molecular formula is C16H29NO4. The first-order chi connectivity index (χ1) is 10.1. The van der Waals surface area contributed by atoms with E-state index < -0.39 is 0 Å². The second-order valence-corrected chi connectivity index (χ2v) is 5.77. The van der Waals surface area contributed by atoms with Crippen molar-refractivity contribution in [3.05, 3.63) is 0 Å². The molecule has 0 spiro atoms. The Morgan fingerprint density at radius 1 is 1.14 bits per heavy atom. The van der Waals surface area contributed by atoms with E-state index in [1.165, 1.54) is 0 Å². The molecule has 0 aromatic carbocycles. The van der Waals surface area contributed by atoms with Gasteiger partial charge in [0.1, 0.15) is 0 Å². The van der Waals surface area contributed by atoms with Crippen LogP contribution in [0.5, 0.6) is 0 Å². The van der Waals surface area contributed by atoms with Crippen LogP contribution in [0.2, 0.25) is 0 Å². The Hall–Kier alpha value is -1.10. The van der Waals surface area contributed by atoms with Crippen molar-refractivity contribution in [1.29, 1.82) is 0 Å². The van der Waals surface area contributed by atoms with Crippen molar-refractivity contribution in [3.8, 4) is 0 Å². The first kappa shape index (κ1) is 18.0. The Bertz CT molecular complexity index is 332. The monoisotopic (exact) mass is 299 g/mol. The van der Waals surface area contributed by atoms with E-state index in [1.807, 2.05) is 13.8 Å². The fourth-order valence-electron chi connectivity index (χ4n) is 3.11. The Morgan fingerprint density at radius 3 is 2.48 bits per heavy atom. The van der Waals surface area contributed by atoms with Crippen molar-refractivity contribution < 1.29 is 19.1 Å². The summed E-state index contributed by atoms with van der Waals surface area (Å²) in [6.45, 7) is 8.59. The van der Waals surface area contributed by atoms with Gasteiger partial charge in [0, 0.05) is 12.8 Å². The van der Waals surface area contributed by atoms with Crippen molar-refractivity contribution in [3.63, 3.8) is 0 Å². The van der Waals surface area contributed by atoms with Gasteiger partial charge in [0.2, 0.25) is 0 Å². The highest BCUT2D eigenvalue weighted by Gasteiger charge is 2.32. The predicted molar refractivity (Wildman–Crippen MR) is 80.7 cm³/mol. The fourth-order valence-corrected chi connectivity index (χ4v) is 3.11. The molecule has 1 heterocycles. The van der Waals surface area contributed by atoms with E-state index in [0.717, 1.165) is 25.9 Å². The Kier molecular flexibility index (Phi) is 8.35. The highest BCUT2D eigenvalue weighted by Crippen LogP contribution is 2.30. The molecule has 1 fully saturated rings. The zero-order valence-electron chi connectivity index (χ0n) is 13.5. The van der Waals surface area contributed by atoms with E-state index in [2.05, 4.69) is 12.2 Å². The van der Waals surface area contributed by atoms with E-state index in [0.29, 0.717) is 43.8 Å². The van der Waals surface area contributed by atoms with Gasteiger partial charge in [0.15, 0.2) is 0 Å². The number of rotatable bonds is 9. The second-order valence-electron chi connectivity index (χ2n) is 5.77. The van der Waals surface area contributed by atoms with Crippen LogP contribution in [-0.4, -0.2) is 38.2 Å². The van der Waals surface area contributed by atoms with Crippen molar-refractivity contribution in [1.82, 2.24) is 5.32 Å². The Labute approximate surface area is 127 Å². The SMILES string of the molecule is CCOC(=O)CCCC1CNCC1C(C)CC(=O)OCC. The molecule has 1 rings (SSSR count). The summed E-state index contributed by atoms with van der Waals surface area (Å²) in [5, 5.41) is 3.40. The summed E-state index contributed by atoms with van der Waals surface area (Å²) in [5.41, 5.74) is 0. The van der Waals surface area contributed by atoms with Crippen LogP contribution in [0.25, 0.3) is 0 Å². The lowest BCUT2D eigenvalue weighted by Crippen LogP contribution is -2.24. The zero-order valence-corrected chi connectivity index (χ0v) is 13.5. The molecule has 21 heavy (non-hydrogen) atoms. The topological polar surface area (TPSA) is 64.6 Å². The van der Waals surface area contributed by atoms with Crippen LogP contribution >= 0.6 is 0 Å². The lowest BCUT2D eigenvalue weighted by molar-refractivity contribution is -0.144. The van der Waals surface area contributed by atoms with Gasteiger partial charge in [-0.1, -0.05) is 6.92 Å². The highest BCUT2D eigenvalue weighted by molar-refractivity contribution is 5.69. The molecule has 5 nitrogen and oxygen atoms in total. The van der Waals surface area contributed by atoms with Gasteiger partial charge in [0.05, 0.1) is 13.2 Å². The predicted octanol–water partition coefficient (Wildman–Crippen LogP) is 2.14. The van der Waals surface area contributed by atoms with Crippen molar-refractivity contribution >= 4 is 11.9 Å². The molecule has 3 unspecified atom stereocenters. The van der Waals surface area contributed by atoms with E-state index in [1.54, 1.807) is 0 Å². The molecule has 0 amide bonds. The van der Waals surface area contributed by atoms with Crippen molar-refractivity contribution in [2.45, 2.75) is 46.5 Å². The Balaban J connectivity index is 2.33. The molecule has 1 aliphatic rings. The molecule has 5 heteroatoms. The van der Waals surface area contributed by atoms with Crippen LogP contribution in [0.15, 0.2) is 0 Å². The fraction of sp³-hybridized carbons (Fsp3) is 0.875. The van der Waals surface area contributed by atoms with Gasteiger partial charge in [-0.05, 0) is 57.5 Å². The molecular weight excluding hydrogens is 270 g/mol. The maximum Gasteiger partial charge on any atom is 0.306 e. The summed E-state index contributed by atoms with van der Waals surface area (Å²) in [6.07, 6.45) is 2.83. The van der Waals surface area contributed by atoms with Gasteiger partial charge < -0.3 is 14.8 Å². The molecule has 0 bridgehead atoms. The number of hydrogen-bond donors (Lipinski definition) is 1. The van der Waals surface area contributed by atoms with Gasteiger partial charge in [-0.2, -0.15) is 0 Å². The van der Waals surface area contributed by atoms with Crippen molar-refractivity contribution in [2.24, 2.45) is 17.8 Å². The number of nitrogens with one attached hydrogen (secondary N) is 1. The Morgan fingerprint density at radius 2 is 1.81 bits per heavy atom. The molecule has 3 atom stereocenters. The highest BCUT2D eigenvalue weighted by atomic mass is 16.5. The summed E-state index contributed by atoms with van der Waals surface area (Å²) in [6, 6.07) is 0. The lowest BCUT2D eigenvalue weighted by atomic mass is 9.81. The molecule has 0 aromatic rings. The third kappa shape index (κ3) is 6.46. The number of carbonyl (C=O) groups excluding carboxylic acids is 2. The van der Waals surface area contributed by atoms with Gasteiger partial charge in [-0.25, -0.2) is 0 Å². The molecule has 1 saturated heterocycles. The molecule has 0 saturated carbocycles. The van der Waals surface area contributed by atoms with Crippen LogP contribution in [0, 0.1) is 17.8 Å². The van der Waals surface area contributed by atoms with Gasteiger partial charge in [-0.15, -0.1) is 0 Å². The molecule has 0 radical (unpaired) electrons. The van der Waals surface area contributed by atoms with Crippen LogP contribution in [-0.2, 0) is 19.1 Å². The van der Waals surface area contributed by atoms with Crippen LogP contribution < -0.4 is 5.32 Å². The molecule has 0 aliphatic carbocycles. The van der Waals surface area contributed by atoms with Gasteiger partial charge in [0.25, 0.3) is 0 Å². The number of hydrogen-bond acceptors (Lipinski definition) is 5. The van der Waals surface area contributed by atoms with Crippen LogP contribution in [0.4, 0.5) is 0 Å². The van der Waals surface area contributed by atoms with Crippen molar-refractivity contribution in [2.75, 3.05) is 26.3 Å².